The number of tetrazole rings is 1. The van der Waals surface area contributed by atoms with Gasteiger partial charge in [-0.15, -0.1) is 16.4 Å². The number of carbonyl (C=O) groups excluding carboxylic acids is 1. The molecule has 124 valence electrons. The van der Waals surface area contributed by atoms with Crippen LogP contribution in [0.1, 0.15) is 31.6 Å². The lowest BCUT2D eigenvalue weighted by Crippen LogP contribution is -2.41. The topological polar surface area (TPSA) is 63.9 Å². The van der Waals surface area contributed by atoms with E-state index in [4.69, 9.17) is 0 Å². The maximum Gasteiger partial charge on any atom is 0.235 e. The summed E-state index contributed by atoms with van der Waals surface area (Å²) >= 11 is 3.12. The highest BCUT2D eigenvalue weighted by atomic mass is 32.2. The van der Waals surface area contributed by atoms with Gasteiger partial charge in [-0.25, -0.2) is 4.68 Å². The van der Waals surface area contributed by atoms with Crippen LogP contribution in [0.5, 0.6) is 0 Å². The molecule has 3 heterocycles. The largest absolute Gasteiger partial charge is 0.342 e. The number of thioether (sulfide) groups is 1. The average molecular weight is 352 g/mol. The minimum Gasteiger partial charge on any atom is -0.342 e. The van der Waals surface area contributed by atoms with Gasteiger partial charge in [-0.1, -0.05) is 24.8 Å². The van der Waals surface area contributed by atoms with E-state index in [1.165, 1.54) is 16.6 Å². The van der Waals surface area contributed by atoms with Gasteiger partial charge in [-0.05, 0) is 47.6 Å². The molecule has 3 rings (SSSR count). The molecule has 2 aromatic heterocycles. The Balaban J connectivity index is 1.60. The number of hydrogen-bond acceptors (Lipinski definition) is 6. The summed E-state index contributed by atoms with van der Waals surface area (Å²) in [7, 11) is 0. The lowest BCUT2D eigenvalue weighted by atomic mass is 9.99. The fraction of sp³-hybridized carbons (Fsp3) is 0.600. The highest BCUT2D eigenvalue weighted by Crippen LogP contribution is 2.25. The van der Waals surface area contributed by atoms with Gasteiger partial charge in [0, 0.05) is 18.0 Å². The molecule has 0 bridgehead atoms. The van der Waals surface area contributed by atoms with Crippen molar-refractivity contribution in [3.8, 4) is 0 Å². The fourth-order valence-electron chi connectivity index (χ4n) is 2.62. The van der Waals surface area contributed by atoms with Crippen LogP contribution in [-0.2, 0) is 11.3 Å². The van der Waals surface area contributed by atoms with Gasteiger partial charge in [0.25, 0.3) is 0 Å². The number of aromatic nitrogens is 4. The third-order valence-electron chi connectivity index (χ3n) is 4.11. The molecule has 0 spiro atoms. The van der Waals surface area contributed by atoms with Gasteiger partial charge >= 0.3 is 0 Å². The first-order chi connectivity index (χ1) is 11.1. The van der Waals surface area contributed by atoms with Crippen LogP contribution in [-0.4, -0.2) is 49.4 Å². The van der Waals surface area contributed by atoms with Crippen LogP contribution in [0.25, 0.3) is 0 Å². The summed E-state index contributed by atoms with van der Waals surface area (Å²) in [4.78, 5) is 15.8. The molecule has 0 saturated carbocycles. The zero-order chi connectivity index (χ0) is 16.2. The Hall–Kier alpha value is -1.41. The van der Waals surface area contributed by atoms with E-state index in [1.807, 2.05) is 23.3 Å². The molecule has 2 aromatic rings. The molecule has 0 aliphatic carbocycles. The summed E-state index contributed by atoms with van der Waals surface area (Å²) in [5.41, 5.74) is 0. The molecule has 1 atom stereocenters. The van der Waals surface area contributed by atoms with Crippen molar-refractivity contribution >= 4 is 29.0 Å². The third kappa shape index (κ3) is 4.11. The van der Waals surface area contributed by atoms with Gasteiger partial charge in [0.2, 0.25) is 11.1 Å². The summed E-state index contributed by atoms with van der Waals surface area (Å²) in [6.45, 7) is 6.57. The smallest absolute Gasteiger partial charge is 0.235 e. The maximum absolute atomic E-state index is 12.6. The number of amides is 1. The predicted octanol–water partition coefficient (Wildman–Crippen LogP) is 2.52. The van der Waals surface area contributed by atoms with Crippen LogP contribution in [0, 0.1) is 5.92 Å². The number of carbonyl (C=O) groups is 1. The molecule has 23 heavy (non-hydrogen) atoms. The summed E-state index contributed by atoms with van der Waals surface area (Å²) in [5, 5.41) is 14.4. The Morgan fingerprint density at radius 2 is 2.26 bits per heavy atom. The molecule has 0 aromatic carbocycles. The normalized spacial score (nSPS) is 17.4. The predicted molar refractivity (Wildman–Crippen MR) is 91.5 cm³/mol. The minimum atomic E-state index is -0.170. The number of thiophene rings is 1. The van der Waals surface area contributed by atoms with Crippen molar-refractivity contribution in [3.63, 3.8) is 0 Å². The molecule has 0 N–H and O–H groups in total. The molecule has 0 radical (unpaired) electrons. The minimum absolute atomic E-state index is 0.170. The first-order valence-electron chi connectivity index (χ1n) is 7.87. The Morgan fingerprint density at radius 1 is 1.48 bits per heavy atom. The Bertz CT molecular complexity index is 634. The van der Waals surface area contributed by atoms with E-state index in [1.54, 1.807) is 16.0 Å². The van der Waals surface area contributed by atoms with E-state index in [2.05, 4.69) is 28.5 Å². The lowest BCUT2D eigenvalue weighted by molar-refractivity contribution is -0.131. The Kier molecular flexibility index (Phi) is 5.32. The van der Waals surface area contributed by atoms with Gasteiger partial charge < -0.3 is 4.90 Å². The average Bonchev–Trinajstić information content (AvgIpc) is 3.20. The van der Waals surface area contributed by atoms with Gasteiger partial charge in [-0.2, -0.15) is 0 Å². The van der Waals surface area contributed by atoms with Crippen LogP contribution in [0.3, 0.4) is 0 Å². The molecular formula is C15H21N5OS2. The summed E-state index contributed by atoms with van der Waals surface area (Å²) < 4.78 is 1.76. The second kappa shape index (κ2) is 7.44. The van der Waals surface area contributed by atoms with E-state index in [0.717, 1.165) is 31.8 Å². The van der Waals surface area contributed by atoms with Crippen molar-refractivity contribution in [2.24, 2.45) is 5.92 Å². The molecule has 1 fully saturated rings. The van der Waals surface area contributed by atoms with E-state index in [0.29, 0.717) is 11.7 Å². The number of nitrogens with zero attached hydrogens (tertiary/aromatic N) is 5. The van der Waals surface area contributed by atoms with Crippen molar-refractivity contribution in [2.45, 2.75) is 43.6 Å². The molecule has 1 aliphatic heterocycles. The van der Waals surface area contributed by atoms with Crippen LogP contribution >= 0.6 is 23.1 Å². The van der Waals surface area contributed by atoms with E-state index < -0.39 is 0 Å². The summed E-state index contributed by atoms with van der Waals surface area (Å²) in [6.07, 6.45) is 2.19. The van der Waals surface area contributed by atoms with Crippen molar-refractivity contribution in [3.05, 3.63) is 22.4 Å². The van der Waals surface area contributed by atoms with Crippen molar-refractivity contribution in [1.29, 1.82) is 0 Å². The zero-order valence-corrected chi connectivity index (χ0v) is 15.0. The van der Waals surface area contributed by atoms with Crippen molar-refractivity contribution < 1.29 is 4.79 Å². The van der Waals surface area contributed by atoms with Gasteiger partial charge in [0.15, 0.2) is 0 Å². The van der Waals surface area contributed by atoms with Gasteiger partial charge in [0.1, 0.15) is 0 Å². The summed E-state index contributed by atoms with van der Waals surface area (Å²) in [6, 6.07) is 4.07. The molecule has 0 unspecified atom stereocenters. The van der Waals surface area contributed by atoms with Crippen LogP contribution in [0.4, 0.5) is 0 Å². The fourth-order valence-corrected chi connectivity index (χ4v) is 4.18. The van der Waals surface area contributed by atoms with Crippen LogP contribution < -0.4 is 0 Å². The highest BCUT2D eigenvalue weighted by molar-refractivity contribution is 8.00. The van der Waals surface area contributed by atoms with Crippen LogP contribution in [0.2, 0.25) is 0 Å². The molecule has 1 aliphatic rings. The zero-order valence-electron chi connectivity index (χ0n) is 13.4. The first-order valence-corrected chi connectivity index (χ1v) is 9.63. The molecule has 1 saturated heterocycles. The SMILES string of the molecule is CC1CCN(C(=O)[C@H](C)Sc2nnnn2Cc2cccs2)CC1. The lowest BCUT2D eigenvalue weighted by Gasteiger charge is -2.31. The molecule has 1 amide bonds. The number of hydrogen-bond donors (Lipinski definition) is 0. The molecular weight excluding hydrogens is 330 g/mol. The second-order valence-corrected chi connectivity index (χ2v) is 8.31. The van der Waals surface area contributed by atoms with Crippen molar-refractivity contribution in [2.75, 3.05) is 13.1 Å². The Labute approximate surface area is 144 Å². The van der Waals surface area contributed by atoms with E-state index in [9.17, 15) is 4.79 Å². The van der Waals surface area contributed by atoms with Crippen LogP contribution in [0.15, 0.2) is 22.7 Å². The number of rotatable bonds is 5. The number of piperidine rings is 1. The van der Waals surface area contributed by atoms with E-state index in [-0.39, 0.29) is 11.2 Å². The molecule has 8 heteroatoms. The monoisotopic (exact) mass is 351 g/mol. The third-order valence-corrected chi connectivity index (χ3v) is 6.03. The van der Waals surface area contributed by atoms with Gasteiger partial charge in [-0.3, -0.25) is 4.79 Å². The summed E-state index contributed by atoms with van der Waals surface area (Å²) in [5.74, 6) is 0.910. The maximum atomic E-state index is 12.6. The van der Waals surface area contributed by atoms with Crippen molar-refractivity contribution in [1.82, 2.24) is 25.1 Å². The first kappa shape index (κ1) is 16.4. The Morgan fingerprint density at radius 3 is 2.96 bits per heavy atom. The van der Waals surface area contributed by atoms with Gasteiger partial charge in [0.05, 0.1) is 11.8 Å². The standard InChI is InChI=1S/C15H21N5OS2/c1-11-5-7-19(8-6-11)14(21)12(2)23-15-16-17-18-20(15)10-13-4-3-9-22-13/h3-4,9,11-12H,5-8,10H2,1-2H3/t12-/m0/s1. The molecule has 6 nitrogen and oxygen atoms in total. The highest BCUT2D eigenvalue weighted by Gasteiger charge is 2.26. The number of likely N-dealkylation sites (tertiary alicyclic amines) is 1. The second-order valence-electron chi connectivity index (χ2n) is 5.97. The quantitative estimate of drug-likeness (QED) is 0.775. The van der Waals surface area contributed by atoms with E-state index >= 15 is 0 Å².